The fraction of sp³-hybridized carbons (Fsp3) is 0.889. The van der Waals surface area contributed by atoms with Crippen LogP contribution in [0.2, 0.25) is 0 Å². The highest BCUT2D eigenvalue weighted by Crippen LogP contribution is 2.32. The van der Waals surface area contributed by atoms with Gasteiger partial charge in [0.1, 0.15) is 18.8 Å². The van der Waals surface area contributed by atoms with Crippen LogP contribution in [0, 0.1) is 5.92 Å². The molecule has 3 unspecified atom stereocenters. The number of hydrogen-bond acceptors (Lipinski definition) is 5. The summed E-state index contributed by atoms with van der Waals surface area (Å²) in [6.07, 6.45) is 20.8. The molecule has 1 N–H and O–H groups in total. The van der Waals surface area contributed by atoms with Gasteiger partial charge in [0.25, 0.3) is 0 Å². The smallest absolute Gasteiger partial charge is 0.325 e. The summed E-state index contributed by atoms with van der Waals surface area (Å²) in [6.45, 7) is 4.30. The molecular formula is C27H49NO5. The Morgan fingerprint density at radius 3 is 2.00 bits per heavy atom. The minimum absolute atomic E-state index is 0.0616. The number of esters is 2. The van der Waals surface area contributed by atoms with E-state index in [-0.39, 0.29) is 30.6 Å². The van der Waals surface area contributed by atoms with E-state index in [1.807, 2.05) is 0 Å². The Labute approximate surface area is 201 Å². The van der Waals surface area contributed by atoms with Crippen molar-refractivity contribution in [2.45, 2.75) is 142 Å². The molecule has 0 spiro atoms. The number of rotatable bonds is 23. The quantitative estimate of drug-likeness (QED) is 0.109. The molecule has 0 aromatic rings. The molecule has 0 bridgehead atoms. The Bertz CT molecular complexity index is 525. The van der Waals surface area contributed by atoms with E-state index in [2.05, 4.69) is 19.2 Å². The fourth-order valence-corrected chi connectivity index (χ4v) is 4.58. The third kappa shape index (κ3) is 14.3. The average Bonchev–Trinajstić information content (AvgIpc) is 2.80. The normalized spacial score (nSPS) is 18.3. The van der Waals surface area contributed by atoms with Crippen molar-refractivity contribution in [2.75, 3.05) is 6.54 Å². The first kappa shape index (κ1) is 29.4. The van der Waals surface area contributed by atoms with Crippen LogP contribution < -0.4 is 5.32 Å². The summed E-state index contributed by atoms with van der Waals surface area (Å²) in [6, 6.07) is 0. The SMILES string of the molecule is CCCCCCCCCCCCCC(CC1OC(=O)C1CCCCCC)OC(=O)CNC=O. The van der Waals surface area contributed by atoms with Gasteiger partial charge in [-0.3, -0.25) is 14.4 Å². The second-order valence-electron chi connectivity index (χ2n) is 9.60. The maximum atomic E-state index is 12.0. The molecular weight excluding hydrogens is 418 g/mol. The number of carbonyl (C=O) groups excluding carboxylic acids is 3. The van der Waals surface area contributed by atoms with Crippen LogP contribution in [0.25, 0.3) is 0 Å². The van der Waals surface area contributed by atoms with Crippen molar-refractivity contribution in [3.05, 3.63) is 0 Å². The predicted octanol–water partition coefficient (Wildman–Crippen LogP) is 6.25. The molecule has 1 saturated heterocycles. The summed E-state index contributed by atoms with van der Waals surface area (Å²) in [5.74, 6) is -0.604. The Morgan fingerprint density at radius 2 is 1.45 bits per heavy atom. The zero-order valence-electron chi connectivity index (χ0n) is 21.3. The van der Waals surface area contributed by atoms with E-state index in [4.69, 9.17) is 9.47 Å². The van der Waals surface area contributed by atoms with Gasteiger partial charge in [0, 0.05) is 6.42 Å². The van der Waals surface area contributed by atoms with Crippen LogP contribution in [0.15, 0.2) is 0 Å². The molecule has 33 heavy (non-hydrogen) atoms. The lowest BCUT2D eigenvalue weighted by atomic mass is 9.86. The van der Waals surface area contributed by atoms with Crippen LogP contribution in [-0.2, 0) is 23.9 Å². The second-order valence-corrected chi connectivity index (χ2v) is 9.60. The van der Waals surface area contributed by atoms with E-state index < -0.39 is 5.97 Å². The van der Waals surface area contributed by atoms with Gasteiger partial charge in [0.2, 0.25) is 6.41 Å². The zero-order chi connectivity index (χ0) is 24.2. The summed E-state index contributed by atoms with van der Waals surface area (Å²) in [7, 11) is 0. The van der Waals surface area contributed by atoms with E-state index >= 15 is 0 Å². The van der Waals surface area contributed by atoms with Gasteiger partial charge in [-0.05, 0) is 19.3 Å². The van der Waals surface area contributed by atoms with Gasteiger partial charge < -0.3 is 14.8 Å². The molecule has 0 radical (unpaired) electrons. The number of amides is 1. The summed E-state index contributed by atoms with van der Waals surface area (Å²) >= 11 is 0. The molecule has 1 aliphatic rings. The summed E-state index contributed by atoms with van der Waals surface area (Å²) in [5.41, 5.74) is 0. The van der Waals surface area contributed by atoms with E-state index in [1.165, 1.54) is 70.6 Å². The number of hydrogen-bond donors (Lipinski definition) is 1. The van der Waals surface area contributed by atoms with Crippen molar-refractivity contribution >= 4 is 18.3 Å². The summed E-state index contributed by atoms with van der Waals surface area (Å²) < 4.78 is 11.0. The highest BCUT2D eigenvalue weighted by atomic mass is 16.6. The number of nitrogens with one attached hydrogen (secondary N) is 1. The van der Waals surface area contributed by atoms with E-state index in [0.29, 0.717) is 12.8 Å². The van der Waals surface area contributed by atoms with Crippen LogP contribution in [0.3, 0.4) is 0 Å². The van der Waals surface area contributed by atoms with Crippen LogP contribution in [-0.4, -0.2) is 37.1 Å². The Balaban J connectivity index is 2.30. The monoisotopic (exact) mass is 467 g/mol. The first-order chi connectivity index (χ1) is 16.1. The highest BCUT2D eigenvalue weighted by molar-refractivity contribution is 5.78. The maximum Gasteiger partial charge on any atom is 0.325 e. The van der Waals surface area contributed by atoms with Gasteiger partial charge in [-0.2, -0.15) is 0 Å². The van der Waals surface area contributed by atoms with Gasteiger partial charge in [-0.25, -0.2) is 0 Å². The minimum atomic E-state index is -0.430. The predicted molar refractivity (Wildman–Crippen MR) is 132 cm³/mol. The van der Waals surface area contributed by atoms with E-state index in [9.17, 15) is 14.4 Å². The van der Waals surface area contributed by atoms with E-state index in [0.717, 1.165) is 38.5 Å². The molecule has 1 aliphatic heterocycles. The van der Waals surface area contributed by atoms with Crippen LogP contribution >= 0.6 is 0 Å². The largest absolute Gasteiger partial charge is 0.461 e. The minimum Gasteiger partial charge on any atom is -0.461 e. The molecule has 1 heterocycles. The van der Waals surface area contributed by atoms with Crippen LogP contribution in [0.4, 0.5) is 0 Å². The number of carbonyl (C=O) groups is 3. The molecule has 1 fully saturated rings. The molecule has 6 nitrogen and oxygen atoms in total. The second kappa shape index (κ2) is 19.8. The average molecular weight is 468 g/mol. The Kier molecular flexibility index (Phi) is 17.7. The molecule has 1 amide bonds. The number of cyclic esters (lactones) is 1. The third-order valence-corrected chi connectivity index (χ3v) is 6.64. The molecule has 0 aromatic heterocycles. The lowest BCUT2D eigenvalue weighted by Crippen LogP contribution is -2.47. The molecule has 0 aliphatic carbocycles. The van der Waals surface area contributed by atoms with Gasteiger partial charge in [0.15, 0.2) is 0 Å². The van der Waals surface area contributed by atoms with Crippen molar-refractivity contribution in [1.82, 2.24) is 5.32 Å². The third-order valence-electron chi connectivity index (χ3n) is 6.64. The maximum absolute atomic E-state index is 12.0. The van der Waals surface area contributed by atoms with Crippen LogP contribution in [0.5, 0.6) is 0 Å². The fourth-order valence-electron chi connectivity index (χ4n) is 4.58. The molecule has 3 atom stereocenters. The standard InChI is InChI=1S/C27H49NO5/c1-3-5-7-9-10-11-12-13-14-15-16-18-23(32-26(30)21-28-22-29)20-25-24(27(31)33-25)19-17-8-6-4-2/h22-25H,3-21H2,1-2H3,(H,28,29). The van der Waals surface area contributed by atoms with E-state index in [1.54, 1.807) is 0 Å². The topological polar surface area (TPSA) is 81.7 Å². The first-order valence-electron chi connectivity index (χ1n) is 13.7. The van der Waals surface area contributed by atoms with Gasteiger partial charge in [-0.15, -0.1) is 0 Å². The molecule has 1 rings (SSSR count). The van der Waals surface area contributed by atoms with Crippen molar-refractivity contribution in [3.8, 4) is 0 Å². The number of unbranched alkanes of at least 4 members (excludes halogenated alkanes) is 13. The lowest BCUT2D eigenvalue weighted by molar-refractivity contribution is -0.190. The van der Waals surface area contributed by atoms with Crippen molar-refractivity contribution in [2.24, 2.45) is 5.92 Å². The number of ether oxygens (including phenoxy) is 2. The molecule has 0 aromatic carbocycles. The highest BCUT2D eigenvalue weighted by Gasteiger charge is 2.43. The molecule has 6 heteroatoms. The summed E-state index contributed by atoms with van der Waals surface area (Å²) in [4.78, 5) is 34.4. The first-order valence-corrected chi connectivity index (χ1v) is 13.7. The van der Waals surface area contributed by atoms with Crippen molar-refractivity contribution in [1.29, 1.82) is 0 Å². The van der Waals surface area contributed by atoms with Gasteiger partial charge in [0.05, 0.1) is 5.92 Å². The molecule has 192 valence electrons. The Morgan fingerprint density at radius 1 is 0.909 bits per heavy atom. The molecule has 0 saturated carbocycles. The lowest BCUT2D eigenvalue weighted by Gasteiger charge is -2.37. The van der Waals surface area contributed by atoms with Crippen molar-refractivity contribution in [3.63, 3.8) is 0 Å². The van der Waals surface area contributed by atoms with Crippen molar-refractivity contribution < 1.29 is 23.9 Å². The van der Waals surface area contributed by atoms with Crippen LogP contribution in [0.1, 0.15) is 129 Å². The zero-order valence-corrected chi connectivity index (χ0v) is 21.3. The van der Waals surface area contributed by atoms with Gasteiger partial charge in [-0.1, -0.05) is 104 Å². The Hall–Kier alpha value is -1.59. The summed E-state index contributed by atoms with van der Waals surface area (Å²) in [5, 5.41) is 2.36. The van der Waals surface area contributed by atoms with Gasteiger partial charge >= 0.3 is 11.9 Å².